The van der Waals surface area contributed by atoms with Crippen LogP contribution < -0.4 is 14.8 Å². The van der Waals surface area contributed by atoms with Crippen molar-refractivity contribution in [1.29, 1.82) is 0 Å². The molecule has 0 aliphatic rings. The molecule has 2 N–H and O–H groups in total. The van der Waals surface area contributed by atoms with Gasteiger partial charge in [0.15, 0.2) is 28.3 Å². The molecule has 0 saturated carbocycles. The number of nitrogens with zero attached hydrogens (tertiary/aromatic N) is 1. The van der Waals surface area contributed by atoms with E-state index in [2.05, 4.69) is 10.3 Å². The quantitative estimate of drug-likeness (QED) is 0.421. The van der Waals surface area contributed by atoms with E-state index in [9.17, 15) is 13.6 Å². The van der Waals surface area contributed by atoms with Crippen LogP contribution in [0.3, 0.4) is 0 Å². The van der Waals surface area contributed by atoms with Crippen LogP contribution in [-0.4, -0.2) is 49.5 Å². The highest BCUT2D eigenvalue weighted by Crippen LogP contribution is 2.29. The van der Waals surface area contributed by atoms with E-state index in [1.165, 1.54) is 23.5 Å². The number of halogens is 2. The van der Waals surface area contributed by atoms with Gasteiger partial charge in [0, 0.05) is 30.2 Å². The van der Waals surface area contributed by atoms with Gasteiger partial charge in [-0.1, -0.05) is 6.07 Å². The molecule has 3 aromatic rings. The molecule has 0 aliphatic heterocycles. The van der Waals surface area contributed by atoms with Crippen molar-refractivity contribution < 1.29 is 32.9 Å². The van der Waals surface area contributed by atoms with Crippen LogP contribution in [0.1, 0.15) is 20.8 Å². The Morgan fingerprint density at radius 3 is 2.62 bits per heavy atom. The molecule has 32 heavy (non-hydrogen) atoms. The Morgan fingerprint density at radius 1 is 1.06 bits per heavy atom. The lowest BCUT2D eigenvalue weighted by Gasteiger charge is -2.13. The van der Waals surface area contributed by atoms with Crippen LogP contribution in [0.5, 0.6) is 11.5 Å². The number of ether oxygens (including phenoxy) is 3. The molecule has 1 aromatic heterocycles. The monoisotopic (exact) mass is 464 g/mol. The molecule has 3 rings (SSSR count). The molecule has 0 unspecified atom stereocenters. The molecule has 7 nitrogen and oxygen atoms in total. The number of rotatable bonds is 11. The minimum atomic E-state index is -0.908. The van der Waals surface area contributed by atoms with Crippen molar-refractivity contribution in [2.75, 3.05) is 38.9 Å². The van der Waals surface area contributed by atoms with Gasteiger partial charge < -0.3 is 19.3 Å². The fourth-order valence-electron chi connectivity index (χ4n) is 2.74. The molecular weight excluding hydrogens is 442 g/mol. The van der Waals surface area contributed by atoms with Gasteiger partial charge in [-0.05, 0) is 35.9 Å². The fourth-order valence-corrected chi connectivity index (χ4v) is 3.58. The zero-order valence-corrected chi connectivity index (χ0v) is 18.1. The number of hydrogen-bond acceptors (Lipinski definition) is 7. The average molecular weight is 464 g/mol. The number of methoxy groups -OCH3 is 1. The van der Waals surface area contributed by atoms with Gasteiger partial charge in [-0.3, -0.25) is 10.1 Å². The van der Waals surface area contributed by atoms with Crippen molar-refractivity contribution in [2.45, 2.75) is 6.42 Å². The van der Waals surface area contributed by atoms with Crippen molar-refractivity contribution in [3.63, 3.8) is 0 Å². The van der Waals surface area contributed by atoms with E-state index < -0.39 is 17.5 Å². The molecule has 0 atom stereocenters. The first-order valence-corrected chi connectivity index (χ1v) is 10.5. The molecule has 1 amide bonds. The zero-order chi connectivity index (χ0) is 22.9. The highest BCUT2D eigenvalue weighted by molar-refractivity contribution is 7.15. The molecule has 170 valence electrons. The van der Waals surface area contributed by atoms with Gasteiger partial charge in [0.2, 0.25) is 0 Å². The van der Waals surface area contributed by atoms with Gasteiger partial charge in [0.05, 0.1) is 13.2 Å². The van der Waals surface area contributed by atoms with E-state index in [1.54, 1.807) is 25.4 Å². The predicted molar refractivity (Wildman–Crippen MR) is 116 cm³/mol. The number of hydrogen-bond donors (Lipinski definition) is 2. The van der Waals surface area contributed by atoms with E-state index in [4.69, 9.17) is 19.3 Å². The van der Waals surface area contributed by atoms with Crippen molar-refractivity contribution in [1.82, 2.24) is 4.98 Å². The molecule has 0 spiro atoms. The van der Waals surface area contributed by atoms with Crippen molar-refractivity contribution >= 4 is 22.4 Å². The van der Waals surface area contributed by atoms with Crippen molar-refractivity contribution in [2.24, 2.45) is 0 Å². The van der Waals surface area contributed by atoms with Crippen LogP contribution in [0.4, 0.5) is 13.9 Å². The first-order valence-electron chi connectivity index (χ1n) is 9.69. The minimum absolute atomic E-state index is 0.0472. The maximum atomic E-state index is 13.4. The second-order valence-electron chi connectivity index (χ2n) is 6.59. The molecule has 1 heterocycles. The van der Waals surface area contributed by atoms with Crippen molar-refractivity contribution in [3.8, 4) is 11.5 Å². The Labute approximate surface area is 187 Å². The van der Waals surface area contributed by atoms with E-state index in [0.29, 0.717) is 47.4 Å². The largest absolute Gasteiger partial charge is 0.487 e. The van der Waals surface area contributed by atoms with E-state index >= 15 is 0 Å². The fraction of sp³-hybridized carbons (Fsp3) is 0.273. The molecule has 0 aliphatic carbocycles. The minimum Gasteiger partial charge on any atom is -0.487 e. The normalized spacial score (nSPS) is 10.8. The topological polar surface area (TPSA) is 89.9 Å². The van der Waals surface area contributed by atoms with Gasteiger partial charge in [-0.15, -0.1) is 11.3 Å². The first kappa shape index (κ1) is 23.6. The van der Waals surface area contributed by atoms with E-state index in [0.717, 1.165) is 17.0 Å². The Morgan fingerprint density at radius 2 is 1.88 bits per heavy atom. The van der Waals surface area contributed by atoms with Gasteiger partial charge >= 0.3 is 0 Å². The van der Waals surface area contributed by atoms with Crippen LogP contribution in [0, 0.1) is 11.6 Å². The summed E-state index contributed by atoms with van der Waals surface area (Å²) < 4.78 is 42.5. The van der Waals surface area contributed by atoms with Crippen LogP contribution in [0.25, 0.3) is 0 Å². The SMILES string of the molecule is COCCOc1ccc(C(=O)Nc2ncc(Cc3ccc(F)c(F)c3)s2)cc1OCCO. The molecule has 0 radical (unpaired) electrons. The van der Waals surface area contributed by atoms with Crippen LogP contribution >= 0.6 is 11.3 Å². The Kier molecular flexibility index (Phi) is 8.48. The second-order valence-corrected chi connectivity index (χ2v) is 7.70. The third kappa shape index (κ3) is 6.46. The summed E-state index contributed by atoms with van der Waals surface area (Å²) >= 11 is 1.23. The number of aliphatic hydroxyl groups excluding tert-OH is 1. The lowest BCUT2D eigenvalue weighted by atomic mass is 10.1. The number of carbonyl (C=O) groups is 1. The number of anilines is 1. The summed E-state index contributed by atoms with van der Waals surface area (Å²) in [5, 5.41) is 12.1. The number of amides is 1. The van der Waals surface area contributed by atoms with Crippen LogP contribution in [-0.2, 0) is 11.2 Å². The lowest BCUT2D eigenvalue weighted by Crippen LogP contribution is -2.13. The van der Waals surface area contributed by atoms with Gasteiger partial charge in [-0.25, -0.2) is 13.8 Å². The summed E-state index contributed by atoms with van der Waals surface area (Å²) in [5.74, 6) is -1.47. The van der Waals surface area contributed by atoms with Crippen LogP contribution in [0.15, 0.2) is 42.6 Å². The summed E-state index contributed by atoms with van der Waals surface area (Å²) in [7, 11) is 1.56. The number of thiazole rings is 1. The van der Waals surface area contributed by atoms with E-state index in [1.807, 2.05) is 0 Å². The summed E-state index contributed by atoms with van der Waals surface area (Å²) in [4.78, 5) is 17.6. The van der Waals surface area contributed by atoms with Crippen LogP contribution in [0.2, 0.25) is 0 Å². The van der Waals surface area contributed by atoms with Gasteiger partial charge in [0.1, 0.15) is 13.2 Å². The highest BCUT2D eigenvalue weighted by Gasteiger charge is 2.14. The Balaban J connectivity index is 1.67. The van der Waals surface area contributed by atoms with Crippen molar-refractivity contribution in [3.05, 3.63) is 70.2 Å². The molecule has 0 saturated heterocycles. The lowest BCUT2D eigenvalue weighted by molar-refractivity contribution is 0.102. The second kappa shape index (κ2) is 11.5. The first-order chi connectivity index (χ1) is 15.5. The van der Waals surface area contributed by atoms with E-state index in [-0.39, 0.29) is 13.2 Å². The van der Waals surface area contributed by atoms with Gasteiger partial charge in [-0.2, -0.15) is 0 Å². The zero-order valence-electron chi connectivity index (χ0n) is 17.3. The molecule has 10 heteroatoms. The highest BCUT2D eigenvalue weighted by atomic mass is 32.1. The molecule has 0 fully saturated rings. The van der Waals surface area contributed by atoms with Gasteiger partial charge in [0.25, 0.3) is 5.91 Å². The molecule has 0 bridgehead atoms. The average Bonchev–Trinajstić information content (AvgIpc) is 3.22. The summed E-state index contributed by atoms with van der Waals surface area (Å²) in [6.45, 7) is 0.551. The number of carbonyl (C=O) groups excluding carboxylic acids is 1. The maximum Gasteiger partial charge on any atom is 0.257 e. The summed E-state index contributed by atoms with van der Waals surface area (Å²) in [5.41, 5.74) is 0.912. The summed E-state index contributed by atoms with van der Waals surface area (Å²) in [6, 6.07) is 8.42. The number of aliphatic hydroxyl groups is 1. The number of aromatic nitrogens is 1. The maximum absolute atomic E-state index is 13.4. The molecule has 2 aromatic carbocycles. The predicted octanol–water partition coefficient (Wildman–Crippen LogP) is 3.66. The third-order valence-electron chi connectivity index (χ3n) is 4.24. The Hall–Kier alpha value is -3.08. The third-order valence-corrected chi connectivity index (χ3v) is 5.15. The smallest absolute Gasteiger partial charge is 0.257 e. The number of nitrogens with one attached hydrogen (secondary N) is 1. The molecular formula is C22H22F2N2O5S. The Bertz CT molecular complexity index is 1060. The number of benzene rings is 2. The summed E-state index contributed by atoms with van der Waals surface area (Å²) in [6.07, 6.45) is 1.93. The standard InChI is InChI=1S/C22H22F2N2O5S/c1-29-8-9-31-19-5-3-15(12-20(19)30-7-6-27)21(28)26-22-25-13-16(32-22)10-14-2-4-17(23)18(24)11-14/h2-5,11-13,27H,6-10H2,1H3,(H,25,26,28).